The maximum Gasteiger partial charge on any atom is 0.416 e. The molecule has 30 heavy (non-hydrogen) atoms. The number of hydrogen-bond donors (Lipinski definition) is 2. The Morgan fingerprint density at radius 2 is 1.73 bits per heavy atom. The number of amides is 2. The number of carbonyl (C=O) groups excluding carboxylic acids is 2. The van der Waals surface area contributed by atoms with Crippen LogP contribution in [0, 0.1) is 5.82 Å². The molecule has 3 heterocycles. The Kier molecular flexibility index (Phi) is 3.61. The number of rotatable bonds is 1. The lowest BCUT2D eigenvalue weighted by Gasteiger charge is -2.31. The highest BCUT2D eigenvalue weighted by Gasteiger charge is 2.54. The van der Waals surface area contributed by atoms with Crippen LogP contribution in [0.1, 0.15) is 23.1 Å². The Balaban J connectivity index is 1.67. The van der Waals surface area contributed by atoms with E-state index in [-0.39, 0.29) is 23.6 Å². The molecule has 2 aliphatic heterocycles. The molecular formula is C20H12F4N4O2. The summed E-state index contributed by atoms with van der Waals surface area (Å²) in [5, 5.41) is 9.47. The Morgan fingerprint density at radius 3 is 2.43 bits per heavy atom. The molecule has 1 spiro atoms. The summed E-state index contributed by atoms with van der Waals surface area (Å²) in [4.78, 5) is 25.5. The van der Waals surface area contributed by atoms with Crippen LogP contribution in [0.25, 0.3) is 5.69 Å². The largest absolute Gasteiger partial charge is 0.416 e. The van der Waals surface area contributed by atoms with Crippen LogP contribution in [0.3, 0.4) is 0 Å². The lowest BCUT2D eigenvalue weighted by atomic mass is 9.72. The molecule has 3 aromatic rings. The van der Waals surface area contributed by atoms with E-state index >= 15 is 0 Å². The fraction of sp³-hybridized carbons (Fsp3) is 0.150. The van der Waals surface area contributed by atoms with Gasteiger partial charge in [-0.1, -0.05) is 6.07 Å². The third-order valence-electron chi connectivity index (χ3n) is 5.43. The van der Waals surface area contributed by atoms with Gasteiger partial charge in [0.05, 0.1) is 17.4 Å². The summed E-state index contributed by atoms with van der Waals surface area (Å²) in [5.41, 5.74) is -0.854. The molecule has 0 fully saturated rings. The molecule has 0 aliphatic carbocycles. The molecule has 0 bridgehead atoms. The Morgan fingerprint density at radius 1 is 1.00 bits per heavy atom. The van der Waals surface area contributed by atoms with E-state index < -0.39 is 34.8 Å². The molecule has 1 unspecified atom stereocenters. The molecule has 1 atom stereocenters. The third kappa shape index (κ3) is 2.46. The third-order valence-corrected chi connectivity index (χ3v) is 5.43. The normalized spacial score (nSPS) is 20.0. The first-order valence-electron chi connectivity index (χ1n) is 8.87. The van der Waals surface area contributed by atoms with Crippen molar-refractivity contribution in [3.63, 3.8) is 0 Å². The summed E-state index contributed by atoms with van der Waals surface area (Å²) in [6.07, 6.45) is -3.30. The van der Waals surface area contributed by atoms with Gasteiger partial charge < -0.3 is 10.6 Å². The van der Waals surface area contributed by atoms with Crippen molar-refractivity contribution in [1.29, 1.82) is 0 Å². The first kappa shape index (κ1) is 18.3. The van der Waals surface area contributed by atoms with Crippen LogP contribution < -0.4 is 10.6 Å². The average molecular weight is 416 g/mol. The molecule has 0 saturated heterocycles. The van der Waals surface area contributed by atoms with Crippen LogP contribution in [0.5, 0.6) is 0 Å². The minimum absolute atomic E-state index is 0.179. The topological polar surface area (TPSA) is 76.0 Å². The Bertz CT molecular complexity index is 1220. The fourth-order valence-corrected chi connectivity index (χ4v) is 4.07. The summed E-state index contributed by atoms with van der Waals surface area (Å²) in [6, 6.07) is 8.08. The SMILES string of the molecule is O=C1CC2(C(=O)Nc3cc(F)ccc32)c2cnn(-c3ccc(C(F)(F)F)cc3)c2N1. The van der Waals surface area contributed by atoms with Gasteiger partial charge in [-0.05, 0) is 42.0 Å². The van der Waals surface area contributed by atoms with E-state index in [1.54, 1.807) is 0 Å². The molecule has 5 rings (SSSR count). The van der Waals surface area contributed by atoms with Crippen molar-refractivity contribution < 1.29 is 27.2 Å². The van der Waals surface area contributed by atoms with Crippen LogP contribution in [0.2, 0.25) is 0 Å². The summed E-state index contributed by atoms with van der Waals surface area (Å²) in [7, 11) is 0. The van der Waals surface area contributed by atoms with Crippen LogP contribution in [-0.4, -0.2) is 21.6 Å². The van der Waals surface area contributed by atoms with Crippen molar-refractivity contribution in [2.24, 2.45) is 0 Å². The van der Waals surface area contributed by atoms with Gasteiger partial charge in [0.15, 0.2) is 0 Å². The lowest BCUT2D eigenvalue weighted by Crippen LogP contribution is -2.43. The molecule has 2 N–H and O–H groups in total. The van der Waals surface area contributed by atoms with Crippen molar-refractivity contribution in [2.75, 3.05) is 10.6 Å². The first-order valence-corrected chi connectivity index (χ1v) is 8.87. The predicted molar refractivity (Wildman–Crippen MR) is 97.6 cm³/mol. The first-order chi connectivity index (χ1) is 14.2. The van der Waals surface area contributed by atoms with Crippen LogP contribution >= 0.6 is 0 Å². The van der Waals surface area contributed by atoms with Gasteiger partial charge in [0, 0.05) is 17.7 Å². The lowest BCUT2D eigenvalue weighted by molar-refractivity contribution is -0.137. The zero-order chi connectivity index (χ0) is 21.3. The predicted octanol–water partition coefficient (Wildman–Crippen LogP) is 3.61. The molecule has 6 nitrogen and oxygen atoms in total. The van der Waals surface area contributed by atoms with Gasteiger partial charge in [-0.25, -0.2) is 9.07 Å². The molecule has 2 aliphatic rings. The highest BCUT2D eigenvalue weighted by molar-refractivity contribution is 6.14. The van der Waals surface area contributed by atoms with E-state index in [2.05, 4.69) is 15.7 Å². The van der Waals surface area contributed by atoms with E-state index in [9.17, 15) is 27.2 Å². The van der Waals surface area contributed by atoms with Crippen molar-refractivity contribution in [3.8, 4) is 5.69 Å². The van der Waals surface area contributed by atoms with Gasteiger partial charge in [0.25, 0.3) is 0 Å². The number of alkyl halides is 3. The van der Waals surface area contributed by atoms with E-state index in [0.717, 1.165) is 12.1 Å². The van der Waals surface area contributed by atoms with Crippen molar-refractivity contribution in [1.82, 2.24) is 9.78 Å². The number of nitrogens with zero attached hydrogens (tertiary/aromatic N) is 2. The van der Waals surface area contributed by atoms with E-state index in [1.165, 1.54) is 41.2 Å². The summed E-state index contributed by atoms with van der Waals surface area (Å²) in [5.74, 6) is -1.32. The molecule has 10 heteroatoms. The number of hydrogen-bond acceptors (Lipinski definition) is 3. The van der Waals surface area contributed by atoms with E-state index in [4.69, 9.17) is 0 Å². The van der Waals surface area contributed by atoms with Crippen molar-refractivity contribution in [2.45, 2.75) is 18.0 Å². The van der Waals surface area contributed by atoms with E-state index in [0.29, 0.717) is 11.1 Å². The minimum atomic E-state index is -4.48. The van der Waals surface area contributed by atoms with Crippen LogP contribution in [0.4, 0.5) is 29.1 Å². The molecule has 2 aromatic carbocycles. The Labute approximate surface area is 166 Å². The number of carbonyl (C=O) groups is 2. The van der Waals surface area contributed by atoms with Gasteiger partial charge in [0.2, 0.25) is 11.8 Å². The van der Waals surface area contributed by atoms with Gasteiger partial charge >= 0.3 is 6.18 Å². The van der Waals surface area contributed by atoms with Crippen molar-refractivity contribution in [3.05, 3.63) is 71.2 Å². The van der Waals surface area contributed by atoms with E-state index in [1.807, 2.05) is 0 Å². The number of fused-ring (bicyclic) bond motifs is 4. The number of benzene rings is 2. The average Bonchev–Trinajstić information content (AvgIpc) is 3.21. The molecule has 152 valence electrons. The van der Waals surface area contributed by atoms with Crippen LogP contribution in [-0.2, 0) is 21.2 Å². The monoisotopic (exact) mass is 416 g/mol. The second kappa shape index (κ2) is 5.91. The van der Waals surface area contributed by atoms with Gasteiger partial charge in [-0.15, -0.1) is 0 Å². The maximum absolute atomic E-state index is 13.6. The van der Waals surface area contributed by atoms with Gasteiger partial charge in [0.1, 0.15) is 17.1 Å². The molecular weight excluding hydrogens is 404 g/mol. The quantitative estimate of drug-likeness (QED) is 0.595. The summed E-state index contributed by atoms with van der Waals surface area (Å²) < 4.78 is 53.4. The van der Waals surface area contributed by atoms with Gasteiger partial charge in [-0.3, -0.25) is 9.59 Å². The minimum Gasteiger partial charge on any atom is -0.325 e. The second-order valence-electron chi connectivity index (χ2n) is 7.14. The molecule has 1 aromatic heterocycles. The zero-order valence-corrected chi connectivity index (χ0v) is 15.0. The van der Waals surface area contributed by atoms with Gasteiger partial charge in [-0.2, -0.15) is 18.3 Å². The maximum atomic E-state index is 13.6. The molecule has 2 amide bonds. The highest BCUT2D eigenvalue weighted by Crippen LogP contribution is 2.50. The molecule has 0 radical (unpaired) electrons. The standard InChI is InChI=1S/C20H12F4N4O2/c21-11-3-6-13-15(7-11)26-18(30)19(13)8-16(29)27-17-14(19)9-25-28(17)12-4-1-10(2-5-12)20(22,23)24/h1-7,9H,8H2,(H,26,30)(H,27,29). The molecule has 0 saturated carbocycles. The second-order valence-corrected chi connectivity index (χ2v) is 7.14. The zero-order valence-electron chi connectivity index (χ0n) is 15.0. The van der Waals surface area contributed by atoms with Crippen molar-refractivity contribution >= 4 is 23.3 Å². The summed E-state index contributed by atoms with van der Waals surface area (Å²) >= 11 is 0. The number of anilines is 2. The highest BCUT2D eigenvalue weighted by atomic mass is 19.4. The van der Waals surface area contributed by atoms with Crippen LogP contribution in [0.15, 0.2) is 48.7 Å². The fourth-order valence-electron chi connectivity index (χ4n) is 4.07. The number of halogens is 4. The smallest absolute Gasteiger partial charge is 0.325 e. The number of nitrogens with one attached hydrogen (secondary N) is 2. The number of aromatic nitrogens is 2. The summed E-state index contributed by atoms with van der Waals surface area (Å²) in [6.45, 7) is 0. The Hall–Kier alpha value is -3.69.